The van der Waals surface area contributed by atoms with Gasteiger partial charge in [-0.25, -0.2) is 4.98 Å². The van der Waals surface area contributed by atoms with Gasteiger partial charge in [0.15, 0.2) is 11.6 Å². The number of anilines is 1. The molecule has 30 heavy (non-hydrogen) atoms. The molecule has 1 fully saturated rings. The Morgan fingerprint density at radius 1 is 1.13 bits per heavy atom. The van der Waals surface area contributed by atoms with Crippen molar-refractivity contribution in [1.82, 2.24) is 30.3 Å². The molecule has 3 heterocycles. The first-order valence-electron chi connectivity index (χ1n) is 11.5. The first-order valence-corrected chi connectivity index (χ1v) is 9.96. The second-order valence-corrected chi connectivity index (χ2v) is 9.21. The van der Waals surface area contributed by atoms with E-state index in [0.29, 0.717) is 28.3 Å². The van der Waals surface area contributed by atoms with Crippen LogP contribution in [0.3, 0.4) is 0 Å². The molecule has 2 aromatic heterocycles. The highest BCUT2D eigenvalue weighted by atomic mass is 16.3. The van der Waals surface area contributed by atoms with Crippen LogP contribution in [0, 0.1) is 0 Å². The summed E-state index contributed by atoms with van der Waals surface area (Å²) in [7, 11) is 0. The lowest BCUT2D eigenvalue weighted by Crippen LogP contribution is -2.60. The molecule has 3 aromatic rings. The molecule has 0 saturated carbocycles. The van der Waals surface area contributed by atoms with Gasteiger partial charge in [0, 0.05) is 40.0 Å². The quantitative estimate of drug-likeness (QED) is 0.606. The van der Waals surface area contributed by atoms with E-state index in [4.69, 9.17) is 4.11 Å². The van der Waals surface area contributed by atoms with E-state index in [-0.39, 0.29) is 22.9 Å². The predicted molar refractivity (Wildman–Crippen MR) is 117 cm³/mol. The molecule has 8 heteroatoms. The second kappa shape index (κ2) is 7.36. The average Bonchev–Trinajstić information content (AvgIpc) is 3.17. The van der Waals surface area contributed by atoms with Gasteiger partial charge in [-0.15, -0.1) is 10.2 Å². The average molecular weight is 411 g/mol. The van der Waals surface area contributed by atoms with Crippen molar-refractivity contribution in [3.05, 3.63) is 36.8 Å². The number of aromatic nitrogens is 5. The van der Waals surface area contributed by atoms with Crippen molar-refractivity contribution >= 4 is 5.82 Å². The summed E-state index contributed by atoms with van der Waals surface area (Å²) in [6.07, 6.45) is 6.38. The van der Waals surface area contributed by atoms with Gasteiger partial charge in [0.05, 0.1) is 18.0 Å². The van der Waals surface area contributed by atoms with Crippen LogP contribution in [0.2, 0.25) is 0 Å². The van der Waals surface area contributed by atoms with E-state index >= 15 is 0 Å². The zero-order valence-corrected chi connectivity index (χ0v) is 17.6. The number of nitrogens with zero attached hydrogens (tertiary/aromatic N) is 5. The Kier molecular flexibility index (Phi) is 4.11. The molecule has 0 amide bonds. The summed E-state index contributed by atoms with van der Waals surface area (Å²) in [5, 5.41) is 30.0. The van der Waals surface area contributed by atoms with Gasteiger partial charge in [-0.3, -0.25) is 4.68 Å². The summed E-state index contributed by atoms with van der Waals surface area (Å²) >= 11 is 0. The van der Waals surface area contributed by atoms with Gasteiger partial charge in [0.1, 0.15) is 5.75 Å². The third-order valence-corrected chi connectivity index (χ3v) is 5.26. The van der Waals surface area contributed by atoms with Crippen molar-refractivity contribution in [2.45, 2.75) is 57.7 Å². The fourth-order valence-electron chi connectivity index (χ4n) is 4.47. The van der Waals surface area contributed by atoms with Crippen molar-refractivity contribution in [2.75, 3.05) is 5.32 Å². The van der Waals surface area contributed by atoms with Crippen molar-refractivity contribution in [3.8, 4) is 28.3 Å². The summed E-state index contributed by atoms with van der Waals surface area (Å²) in [6.45, 7) is 6.41. The van der Waals surface area contributed by atoms with E-state index in [9.17, 15) is 5.11 Å². The molecule has 0 bridgehead atoms. The van der Waals surface area contributed by atoms with E-state index < -0.39 is 6.98 Å². The van der Waals surface area contributed by atoms with Crippen LogP contribution < -0.4 is 10.6 Å². The van der Waals surface area contributed by atoms with Crippen LogP contribution in [0.25, 0.3) is 22.5 Å². The van der Waals surface area contributed by atoms with Crippen molar-refractivity contribution in [1.29, 1.82) is 0 Å². The van der Waals surface area contributed by atoms with Crippen molar-refractivity contribution in [2.24, 2.45) is 6.98 Å². The van der Waals surface area contributed by atoms with Crippen LogP contribution in [0.5, 0.6) is 5.75 Å². The number of aromatic hydroxyl groups is 1. The van der Waals surface area contributed by atoms with Gasteiger partial charge in [-0.2, -0.15) is 5.10 Å². The Morgan fingerprint density at radius 2 is 1.90 bits per heavy atom. The number of benzene rings is 1. The standard InChI is InChI=1S/C22H29N7O/c1-21(2)9-16(10-22(3,4)28-21)25-19-12-23-20(27-26-19)17-7-6-14(8-18(17)30)15-11-24-29(5)13-15/h6-8,11-13,16,28,30H,9-10H2,1-5H3,(H,25,26)/i5D3. The van der Waals surface area contributed by atoms with Crippen LogP contribution in [0.4, 0.5) is 5.82 Å². The molecule has 158 valence electrons. The summed E-state index contributed by atoms with van der Waals surface area (Å²) in [4.78, 5) is 4.38. The highest BCUT2D eigenvalue weighted by Crippen LogP contribution is 2.32. The number of rotatable bonds is 4. The van der Waals surface area contributed by atoms with Gasteiger partial charge in [0.25, 0.3) is 0 Å². The smallest absolute Gasteiger partial charge is 0.185 e. The largest absolute Gasteiger partial charge is 0.507 e. The Morgan fingerprint density at radius 3 is 2.50 bits per heavy atom. The van der Waals surface area contributed by atoms with Gasteiger partial charge >= 0.3 is 0 Å². The summed E-state index contributed by atoms with van der Waals surface area (Å²) in [5.74, 6) is 0.859. The highest BCUT2D eigenvalue weighted by molar-refractivity contribution is 5.72. The molecule has 0 spiro atoms. The Hall–Kier alpha value is -3.00. The van der Waals surface area contributed by atoms with Crippen LogP contribution in [0.1, 0.15) is 44.6 Å². The van der Waals surface area contributed by atoms with E-state index in [1.807, 2.05) is 0 Å². The molecule has 8 nitrogen and oxygen atoms in total. The highest BCUT2D eigenvalue weighted by Gasteiger charge is 2.37. The molecule has 0 atom stereocenters. The first-order chi connectivity index (χ1) is 15.3. The molecular formula is C22H29N7O. The number of piperidine rings is 1. The van der Waals surface area contributed by atoms with Crippen molar-refractivity contribution in [3.63, 3.8) is 0 Å². The van der Waals surface area contributed by atoms with E-state index in [1.165, 1.54) is 18.5 Å². The van der Waals surface area contributed by atoms with Gasteiger partial charge in [-0.05, 0) is 58.2 Å². The predicted octanol–water partition coefficient (Wildman–Crippen LogP) is 3.37. The lowest BCUT2D eigenvalue weighted by molar-refractivity contribution is 0.170. The van der Waals surface area contributed by atoms with Crippen molar-refractivity contribution < 1.29 is 9.22 Å². The molecule has 3 N–H and O–H groups in total. The summed E-state index contributed by atoms with van der Waals surface area (Å²) < 4.78 is 23.2. The lowest BCUT2D eigenvalue weighted by atomic mass is 9.79. The maximum atomic E-state index is 10.5. The lowest BCUT2D eigenvalue weighted by Gasteiger charge is -2.46. The molecule has 4 rings (SSSR count). The molecule has 0 radical (unpaired) electrons. The molecule has 0 unspecified atom stereocenters. The fourth-order valence-corrected chi connectivity index (χ4v) is 4.47. The number of hydrogen-bond donors (Lipinski definition) is 3. The van der Waals surface area contributed by atoms with E-state index in [2.05, 4.69) is 58.6 Å². The third-order valence-electron chi connectivity index (χ3n) is 5.26. The maximum Gasteiger partial charge on any atom is 0.185 e. The van der Waals surface area contributed by atoms with Crippen LogP contribution in [-0.4, -0.2) is 47.2 Å². The maximum absolute atomic E-state index is 10.5. The second-order valence-electron chi connectivity index (χ2n) is 9.21. The number of aryl methyl sites for hydroxylation is 1. The SMILES string of the molecule is [2H]C([2H])([2H])n1cc(-c2ccc(-c3ncc(NC4CC(C)(C)NC(C)(C)C4)nn3)c(O)c2)cn1. The zero-order chi connectivity index (χ0) is 24.0. The van der Waals surface area contributed by atoms with Gasteiger partial charge in [0.2, 0.25) is 0 Å². The van der Waals surface area contributed by atoms with E-state index in [0.717, 1.165) is 17.5 Å². The molecule has 1 saturated heterocycles. The fraction of sp³-hybridized carbons (Fsp3) is 0.455. The summed E-state index contributed by atoms with van der Waals surface area (Å²) in [5.41, 5.74) is 1.67. The minimum atomic E-state index is -2.35. The van der Waals surface area contributed by atoms with Crippen LogP contribution in [-0.2, 0) is 6.98 Å². The zero-order valence-electron chi connectivity index (χ0n) is 20.6. The molecule has 1 aliphatic heterocycles. The van der Waals surface area contributed by atoms with Gasteiger partial charge in [-0.1, -0.05) is 6.07 Å². The topological polar surface area (TPSA) is 101 Å². The number of phenolic OH excluding ortho intramolecular Hbond substituents is 1. The number of nitrogens with one attached hydrogen (secondary N) is 2. The summed E-state index contributed by atoms with van der Waals surface area (Å²) in [6, 6.07) is 5.20. The number of hydrogen-bond acceptors (Lipinski definition) is 7. The molecule has 1 aromatic carbocycles. The Balaban J connectivity index is 1.49. The number of phenols is 1. The first kappa shape index (κ1) is 16.8. The van der Waals surface area contributed by atoms with Gasteiger partial charge < -0.3 is 15.7 Å². The minimum absolute atomic E-state index is 0.00768. The van der Waals surface area contributed by atoms with Crippen LogP contribution >= 0.6 is 0 Å². The Labute approximate surface area is 181 Å². The Bertz CT molecular complexity index is 1120. The van der Waals surface area contributed by atoms with Crippen LogP contribution in [0.15, 0.2) is 36.8 Å². The molecular weight excluding hydrogens is 378 g/mol. The monoisotopic (exact) mass is 410 g/mol. The normalized spacial score (nSPS) is 20.2. The van der Waals surface area contributed by atoms with E-state index in [1.54, 1.807) is 18.3 Å². The third kappa shape index (κ3) is 4.43. The minimum Gasteiger partial charge on any atom is -0.507 e. The molecule has 0 aliphatic carbocycles. The molecule has 1 aliphatic rings.